The van der Waals surface area contributed by atoms with Gasteiger partial charge in [-0.15, -0.1) is 0 Å². The van der Waals surface area contributed by atoms with Gasteiger partial charge in [-0.1, -0.05) is 35.3 Å². The Morgan fingerprint density at radius 1 is 1.46 bits per heavy atom. The number of methoxy groups -OCH3 is 1. The monoisotopic (exact) mass is 218 g/mol. The molecule has 0 aliphatic heterocycles. The molecule has 2 nitrogen and oxygen atoms in total. The molecule has 70 valence electrons. The zero-order chi connectivity index (χ0) is 9.84. The number of carbonyl (C=O) groups excluding carboxylic acids is 1. The minimum absolute atomic E-state index is 0.324. The quantitative estimate of drug-likeness (QED) is 0.577. The van der Waals surface area contributed by atoms with Crippen molar-refractivity contribution in [2.45, 2.75) is 5.56 Å². The first-order valence-electron chi connectivity index (χ1n) is 3.62. The topological polar surface area (TPSA) is 26.3 Å². The van der Waals surface area contributed by atoms with Gasteiger partial charge >= 0.3 is 0 Å². The molecule has 0 N–H and O–H groups in total. The van der Waals surface area contributed by atoms with Crippen LogP contribution in [-0.2, 0) is 4.74 Å². The van der Waals surface area contributed by atoms with Crippen LogP contribution in [0.5, 0.6) is 0 Å². The fourth-order valence-electron chi connectivity index (χ4n) is 0.890. The van der Waals surface area contributed by atoms with E-state index < -0.39 is 5.56 Å². The normalized spacial score (nSPS) is 12.5. The summed E-state index contributed by atoms with van der Waals surface area (Å²) in [7, 11) is 1.37. The van der Waals surface area contributed by atoms with Gasteiger partial charge in [0.15, 0.2) is 5.56 Å². The number of benzene rings is 1. The van der Waals surface area contributed by atoms with Crippen LogP contribution in [0, 0.1) is 0 Å². The highest BCUT2D eigenvalue weighted by Crippen LogP contribution is 2.18. The molecule has 0 aliphatic rings. The molecule has 0 amide bonds. The Labute approximate surface area is 86.4 Å². The van der Waals surface area contributed by atoms with E-state index in [4.69, 9.17) is 23.2 Å². The van der Waals surface area contributed by atoms with Gasteiger partial charge in [0.1, 0.15) is 0 Å². The van der Waals surface area contributed by atoms with Crippen molar-refractivity contribution in [1.29, 1.82) is 0 Å². The average Bonchev–Trinajstić information content (AvgIpc) is 2.16. The van der Waals surface area contributed by atoms with Crippen LogP contribution in [0.4, 0.5) is 0 Å². The minimum Gasteiger partial charge on any atom is -0.358 e. The molecule has 0 fully saturated rings. The zero-order valence-corrected chi connectivity index (χ0v) is 8.47. The van der Waals surface area contributed by atoms with Gasteiger partial charge < -0.3 is 4.74 Å². The van der Waals surface area contributed by atoms with Gasteiger partial charge in [-0.05, 0) is 12.1 Å². The predicted octanol–water partition coefficient (Wildman–Crippen LogP) is 2.73. The molecule has 0 saturated heterocycles. The van der Waals surface area contributed by atoms with Gasteiger partial charge in [-0.25, -0.2) is 0 Å². The van der Waals surface area contributed by atoms with E-state index in [0.29, 0.717) is 10.6 Å². The van der Waals surface area contributed by atoms with Crippen molar-refractivity contribution in [2.24, 2.45) is 0 Å². The van der Waals surface area contributed by atoms with Crippen molar-refractivity contribution >= 4 is 29.0 Å². The molecular formula is C9H8Cl2O2. The first-order chi connectivity index (χ1) is 6.16. The number of alkyl halides is 1. The average molecular weight is 219 g/mol. The number of ketones is 1. The summed E-state index contributed by atoms with van der Waals surface area (Å²) in [4.78, 5) is 11.5. The Bertz CT molecular complexity index is 312. The van der Waals surface area contributed by atoms with Crippen molar-refractivity contribution in [1.82, 2.24) is 0 Å². The number of hydrogen-bond donors (Lipinski definition) is 0. The Hall–Kier alpha value is -0.570. The van der Waals surface area contributed by atoms with E-state index in [1.807, 2.05) is 0 Å². The number of carbonyl (C=O) groups is 1. The smallest absolute Gasteiger partial charge is 0.208 e. The fourth-order valence-corrected chi connectivity index (χ4v) is 1.24. The molecule has 1 unspecified atom stereocenters. The highest BCUT2D eigenvalue weighted by atomic mass is 35.5. The van der Waals surface area contributed by atoms with E-state index in [-0.39, 0.29) is 5.78 Å². The molecular weight excluding hydrogens is 211 g/mol. The Morgan fingerprint density at radius 3 is 2.62 bits per heavy atom. The summed E-state index contributed by atoms with van der Waals surface area (Å²) in [6.07, 6.45) is 0. The second kappa shape index (κ2) is 4.61. The van der Waals surface area contributed by atoms with Crippen LogP contribution in [0.1, 0.15) is 10.4 Å². The molecule has 0 aromatic heterocycles. The van der Waals surface area contributed by atoms with Crippen LogP contribution in [0.25, 0.3) is 0 Å². The lowest BCUT2D eigenvalue weighted by atomic mass is 10.1. The first-order valence-corrected chi connectivity index (χ1v) is 4.44. The van der Waals surface area contributed by atoms with Crippen LogP contribution in [0.2, 0.25) is 5.02 Å². The SMILES string of the molecule is COC(Cl)C(=O)c1ccccc1Cl. The van der Waals surface area contributed by atoms with Crippen molar-refractivity contribution in [3.05, 3.63) is 34.9 Å². The highest BCUT2D eigenvalue weighted by molar-refractivity contribution is 6.38. The number of rotatable bonds is 3. The van der Waals surface area contributed by atoms with E-state index >= 15 is 0 Å². The van der Waals surface area contributed by atoms with Crippen LogP contribution >= 0.6 is 23.2 Å². The van der Waals surface area contributed by atoms with Crippen LogP contribution < -0.4 is 0 Å². The predicted molar refractivity (Wildman–Crippen MR) is 52.4 cm³/mol. The summed E-state index contributed by atoms with van der Waals surface area (Å²) in [5, 5.41) is 0.384. The molecule has 0 radical (unpaired) electrons. The number of ether oxygens (including phenoxy) is 1. The van der Waals surface area contributed by atoms with E-state index in [0.717, 1.165) is 0 Å². The number of Topliss-reactive ketones (excluding diaryl/α,β-unsaturated/α-hetero) is 1. The molecule has 0 heterocycles. The summed E-state index contributed by atoms with van der Waals surface area (Å²) in [5.41, 5.74) is -0.592. The maximum absolute atomic E-state index is 11.5. The van der Waals surface area contributed by atoms with Crippen LogP contribution in [-0.4, -0.2) is 18.5 Å². The summed E-state index contributed by atoms with van der Waals surface area (Å²) in [6.45, 7) is 0. The molecule has 0 aliphatic carbocycles. The minimum atomic E-state index is -0.972. The summed E-state index contributed by atoms with van der Waals surface area (Å²) >= 11 is 11.4. The molecule has 1 aromatic carbocycles. The standard InChI is InChI=1S/C9H8Cl2O2/c1-13-9(11)8(12)6-4-2-3-5-7(6)10/h2-5,9H,1H3. The van der Waals surface area contributed by atoms with Gasteiger partial charge in [-0.3, -0.25) is 4.79 Å². The molecule has 1 aromatic rings. The molecule has 0 spiro atoms. The first kappa shape index (κ1) is 10.5. The van der Waals surface area contributed by atoms with Crippen LogP contribution in [0.3, 0.4) is 0 Å². The third kappa shape index (κ3) is 2.44. The van der Waals surface area contributed by atoms with Crippen LogP contribution in [0.15, 0.2) is 24.3 Å². The van der Waals surface area contributed by atoms with Crippen molar-refractivity contribution in [2.75, 3.05) is 7.11 Å². The lowest BCUT2D eigenvalue weighted by molar-refractivity contribution is 0.0782. The second-order valence-corrected chi connectivity index (χ2v) is 3.20. The number of hydrogen-bond acceptors (Lipinski definition) is 2. The van der Waals surface area contributed by atoms with E-state index in [9.17, 15) is 4.79 Å². The Balaban J connectivity index is 2.95. The zero-order valence-electron chi connectivity index (χ0n) is 6.96. The largest absolute Gasteiger partial charge is 0.358 e. The highest BCUT2D eigenvalue weighted by Gasteiger charge is 2.18. The lowest BCUT2D eigenvalue weighted by Gasteiger charge is -2.06. The molecule has 13 heavy (non-hydrogen) atoms. The summed E-state index contributed by atoms with van der Waals surface area (Å²) in [5.74, 6) is -0.324. The lowest BCUT2D eigenvalue weighted by Crippen LogP contribution is -2.16. The van der Waals surface area contributed by atoms with Crippen molar-refractivity contribution in [3.8, 4) is 0 Å². The third-order valence-corrected chi connectivity index (χ3v) is 2.26. The maximum atomic E-state index is 11.5. The summed E-state index contributed by atoms with van der Waals surface area (Å²) in [6, 6.07) is 6.71. The molecule has 4 heteroatoms. The second-order valence-electron chi connectivity index (χ2n) is 2.40. The van der Waals surface area contributed by atoms with Gasteiger partial charge in [0.2, 0.25) is 5.78 Å². The maximum Gasteiger partial charge on any atom is 0.208 e. The molecule has 1 atom stereocenters. The van der Waals surface area contributed by atoms with E-state index in [1.165, 1.54) is 7.11 Å². The molecule has 0 bridgehead atoms. The van der Waals surface area contributed by atoms with Gasteiger partial charge in [-0.2, -0.15) is 0 Å². The van der Waals surface area contributed by atoms with Gasteiger partial charge in [0, 0.05) is 12.7 Å². The Morgan fingerprint density at radius 2 is 2.08 bits per heavy atom. The van der Waals surface area contributed by atoms with E-state index in [1.54, 1.807) is 24.3 Å². The Kier molecular flexibility index (Phi) is 3.72. The fraction of sp³-hybridized carbons (Fsp3) is 0.222. The van der Waals surface area contributed by atoms with Crippen molar-refractivity contribution in [3.63, 3.8) is 0 Å². The van der Waals surface area contributed by atoms with Crippen molar-refractivity contribution < 1.29 is 9.53 Å². The molecule has 0 saturated carbocycles. The van der Waals surface area contributed by atoms with Gasteiger partial charge in [0.05, 0.1) is 5.02 Å². The molecule has 1 rings (SSSR count). The van der Waals surface area contributed by atoms with Gasteiger partial charge in [0.25, 0.3) is 0 Å². The summed E-state index contributed by atoms with van der Waals surface area (Å²) < 4.78 is 4.68. The number of halogens is 2. The van der Waals surface area contributed by atoms with E-state index in [2.05, 4.69) is 4.74 Å². The third-order valence-electron chi connectivity index (χ3n) is 1.55.